The van der Waals surface area contributed by atoms with Crippen molar-refractivity contribution in [2.24, 2.45) is 0 Å². The van der Waals surface area contributed by atoms with Gasteiger partial charge in [-0.05, 0) is 24.3 Å². The first-order valence-electron chi connectivity index (χ1n) is 8.18. The molecule has 1 aliphatic rings. The molecule has 0 atom stereocenters. The van der Waals surface area contributed by atoms with Crippen LogP contribution in [0.5, 0.6) is 0 Å². The van der Waals surface area contributed by atoms with Crippen LogP contribution in [0.2, 0.25) is 5.02 Å². The first-order chi connectivity index (χ1) is 12.5. The maximum absolute atomic E-state index is 13.7. The zero-order valence-corrected chi connectivity index (χ0v) is 14.5. The lowest BCUT2D eigenvalue weighted by Crippen LogP contribution is -2.25. The SMILES string of the molecule is FC1(F)CCN(c2cc(-c3ccc(Cl)cc3)nc(-c3cccnc3)n2)C1. The number of nitrogens with zero attached hydrogens (tertiary/aromatic N) is 4. The maximum atomic E-state index is 13.7. The molecule has 26 heavy (non-hydrogen) atoms. The molecule has 3 heterocycles. The molecule has 0 unspecified atom stereocenters. The predicted octanol–water partition coefficient (Wildman–Crippen LogP) is 4.70. The Morgan fingerprint density at radius 1 is 1.04 bits per heavy atom. The normalized spacial score (nSPS) is 16.0. The van der Waals surface area contributed by atoms with Gasteiger partial charge < -0.3 is 4.90 Å². The number of rotatable bonds is 3. The number of alkyl halides is 2. The highest BCUT2D eigenvalue weighted by atomic mass is 35.5. The molecule has 7 heteroatoms. The van der Waals surface area contributed by atoms with Gasteiger partial charge in [0.15, 0.2) is 5.82 Å². The van der Waals surface area contributed by atoms with Gasteiger partial charge in [0.05, 0.1) is 12.2 Å². The Labute approximate surface area is 154 Å². The van der Waals surface area contributed by atoms with Crippen LogP contribution in [-0.2, 0) is 0 Å². The number of halogens is 3. The quantitative estimate of drug-likeness (QED) is 0.668. The van der Waals surface area contributed by atoms with Gasteiger partial charge in [-0.25, -0.2) is 18.7 Å². The van der Waals surface area contributed by atoms with Crippen LogP contribution < -0.4 is 4.90 Å². The van der Waals surface area contributed by atoms with E-state index in [1.807, 2.05) is 18.2 Å². The molecule has 3 aromatic rings. The topological polar surface area (TPSA) is 41.9 Å². The van der Waals surface area contributed by atoms with E-state index in [0.717, 1.165) is 11.1 Å². The average molecular weight is 373 g/mol. The van der Waals surface area contributed by atoms with Crippen molar-refractivity contribution in [1.29, 1.82) is 0 Å². The van der Waals surface area contributed by atoms with E-state index in [1.165, 1.54) is 0 Å². The minimum absolute atomic E-state index is 0.171. The molecule has 1 fully saturated rings. The zero-order valence-electron chi connectivity index (χ0n) is 13.7. The van der Waals surface area contributed by atoms with Gasteiger partial charge in [0, 0.05) is 47.6 Å². The van der Waals surface area contributed by atoms with Crippen LogP contribution in [0.15, 0.2) is 54.9 Å². The van der Waals surface area contributed by atoms with E-state index < -0.39 is 5.92 Å². The lowest BCUT2D eigenvalue weighted by atomic mass is 10.1. The van der Waals surface area contributed by atoms with Crippen molar-refractivity contribution in [2.45, 2.75) is 12.3 Å². The Bertz CT molecular complexity index is 917. The molecule has 0 N–H and O–H groups in total. The number of benzene rings is 1. The van der Waals surface area contributed by atoms with Crippen molar-refractivity contribution >= 4 is 17.4 Å². The van der Waals surface area contributed by atoms with Gasteiger partial charge in [0.1, 0.15) is 5.82 Å². The first kappa shape index (κ1) is 16.8. The minimum atomic E-state index is -2.69. The Morgan fingerprint density at radius 3 is 2.50 bits per heavy atom. The molecule has 0 spiro atoms. The summed E-state index contributed by atoms with van der Waals surface area (Å²) in [6.45, 7) is -0.0763. The van der Waals surface area contributed by atoms with E-state index in [-0.39, 0.29) is 19.5 Å². The third kappa shape index (κ3) is 3.51. The summed E-state index contributed by atoms with van der Waals surface area (Å²) in [4.78, 5) is 14.8. The van der Waals surface area contributed by atoms with Crippen LogP contribution in [0.25, 0.3) is 22.6 Å². The molecular formula is C19H15ClF2N4. The molecular weight excluding hydrogens is 358 g/mol. The van der Waals surface area contributed by atoms with E-state index >= 15 is 0 Å². The van der Waals surface area contributed by atoms with E-state index in [0.29, 0.717) is 22.4 Å². The molecule has 4 rings (SSSR count). The van der Waals surface area contributed by atoms with Crippen molar-refractivity contribution in [3.8, 4) is 22.6 Å². The van der Waals surface area contributed by atoms with Crippen molar-refractivity contribution in [3.63, 3.8) is 0 Å². The van der Waals surface area contributed by atoms with Crippen LogP contribution in [0.3, 0.4) is 0 Å². The number of aromatic nitrogens is 3. The summed E-state index contributed by atoms with van der Waals surface area (Å²) >= 11 is 5.96. The van der Waals surface area contributed by atoms with E-state index in [9.17, 15) is 8.78 Å². The summed E-state index contributed by atoms with van der Waals surface area (Å²) in [6.07, 6.45) is 3.15. The average Bonchev–Trinajstić information content (AvgIpc) is 3.03. The van der Waals surface area contributed by atoms with Crippen LogP contribution in [0.4, 0.5) is 14.6 Å². The third-order valence-corrected chi connectivity index (χ3v) is 4.52. The molecule has 1 saturated heterocycles. The summed E-state index contributed by atoms with van der Waals surface area (Å²) in [6, 6.07) is 12.6. The summed E-state index contributed by atoms with van der Waals surface area (Å²) < 4.78 is 27.3. The highest BCUT2D eigenvalue weighted by molar-refractivity contribution is 6.30. The summed E-state index contributed by atoms with van der Waals surface area (Å²) in [5, 5.41) is 0.620. The summed E-state index contributed by atoms with van der Waals surface area (Å²) in [5.41, 5.74) is 2.23. The number of anilines is 1. The number of hydrogen-bond donors (Lipinski definition) is 0. The fraction of sp³-hybridized carbons (Fsp3) is 0.211. The molecule has 4 nitrogen and oxygen atoms in total. The Balaban J connectivity index is 1.81. The van der Waals surface area contributed by atoms with Gasteiger partial charge in [-0.2, -0.15) is 0 Å². The van der Waals surface area contributed by atoms with Crippen molar-refractivity contribution in [2.75, 3.05) is 18.0 Å². The van der Waals surface area contributed by atoms with Gasteiger partial charge in [0.2, 0.25) is 0 Å². The predicted molar refractivity (Wildman–Crippen MR) is 97.5 cm³/mol. The highest BCUT2D eigenvalue weighted by Crippen LogP contribution is 2.33. The molecule has 1 aliphatic heterocycles. The van der Waals surface area contributed by atoms with Crippen LogP contribution in [0, 0.1) is 0 Å². The second-order valence-electron chi connectivity index (χ2n) is 6.21. The van der Waals surface area contributed by atoms with Crippen LogP contribution >= 0.6 is 11.6 Å². The van der Waals surface area contributed by atoms with E-state index in [1.54, 1.807) is 41.6 Å². The standard InChI is InChI=1S/C19H15ClF2N4/c20-15-5-3-13(4-6-15)16-10-17(26-9-7-19(21,22)12-26)25-18(24-16)14-2-1-8-23-11-14/h1-6,8,10-11H,7,9,12H2. The van der Waals surface area contributed by atoms with Crippen molar-refractivity contribution in [3.05, 3.63) is 59.9 Å². The number of hydrogen-bond acceptors (Lipinski definition) is 4. The summed E-state index contributed by atoms with van der Waals surface area (Å²) in [7, 11) is 0. The van der Waals surface area contributed by atoms with Gasteiger partial charge in [-0.1, -0.05) is 23.7 Å². The fourth-order valence-corrected chi connectivity index (χ4v) is 3.05. The van der Waals surface area contributed by atoms with Gasteiger partial charge >= 0.3 is 0 Å². The second kappa shape index (κ2) is 6.61. The van der Waals surface area contributed by atoms with Gasteiger partial charge in [-0.3, -0.25) is 4.98 Å². The molecule has 1 aromatic carbocycles. The smallest absolute Gasteiger partial charge is 0.266 e. The summed E-state index contributed by atoms with van der Waals surface area (Å²) in [5.74, 6) is -1.75. The highest BCUT2D eigenvalue weighted by Gasteiger charge is 2.39. The van der Waals surface area contributed by atoms with Crippen LogP contribution in [-0.4, -0.2) is 34.0 Å². The van der Waals surface area contributed by atoms with Gasteiger partial charge in [-0.15, -0.1) is 0 Å². The molecule has 0 bridgehead atoms. The molecule has 0 amide bonds. The van der Waals surface area contributed by atoms with Crippen molar-refractivity contribution in [1.82, 2.24) is 15.0 Å². The largest absolute Gasteiger partial charge is 0.350 e. The lowest BCUT2D eigenvalue weighted by molar-refractivity contribution is 0.0256. The third-order valence-electron chi connectivity index (χ3n) is 4.27. The van der Waals surface area contributed by atoms with E-state index in [2.05, 4.69) is 15.0 Å². The Hall–Kier alpha value is -2.60. The second-order valence-corrected chi connectivity index (χ2v) is 6.65. The monoisotopic (exact) mass is 372 g/mol. The lowest BCUT2D eigenvalue weighted by Gasteiger charge is -2.19. The van der Waals surface area contributed by atoms with Crippen molar-refractivity contribution < 1.29 is 8.78 Å². The fourth-order valence-electron chi connectivity index (χ4n) is 2.92. The molecule has 2 aromatic heterocycles. The molecule has 0 saturated carbocycles. The molecule has 0 aliphatic carbocycles. The maximum Gasteiger partial charge on any atom is 0.266 e. The number of pyridine rings is 1. The molecule has 132 valence electrons. The zero-order chi connectivity index (χ0) is 18.1. The van der Waals surface area contributed by atoms with Crippen LogP contribution in [0.1, 0.15) is 6.42 Å². The van der Waals surface area contributed by atoms with E-state index in [4.69, 9.17) is 11.6 Å². The minimum Gasteiger partial charge on any atom is -0.350 e. The first-order valence-corrected chi connectivity index (χ1v) is 8.56. The van der Waals surface area contributed by atoms with Gasteiger partial charge in [0.25, 0.3) is 5.92 Å². The Morgan fingerprint density at radius 2 is 1.85 bits per heavy atom. The Kier molecular flexibility index (Phi) is 4.28. The molecule has 0 radical (unpaired) electrons.